The van der Waals surface area contributed by atoms with Gasteiger partial charge in [0.2, 0.25) is 0 Å². The molecule has 90 valence electrons. The van der Waals surface area contributed by atoms with Crippen molar-refractivity contribution < 1.29 is 0 Å². The number of hydrogen-bond acceptors (Lipinski definition) is 2. The highest BCUT2D eigenvalue weighted by Gasteiger charge is 2.13. The summed E-state index contributed by atoms with van der Waals surface area (Å²) in [4.78, 5) is 0. The predicted molar refractivity (Wildman–Crippen MR) is 71.8 cm³/mol. The summed E-state index contributed by atoms with van der Waals surface area (Å²) < 4.78 is 0. The first-order chi connectivity index (χ1) is 7.25. The molecule has 1 aromatic rings. The zero-order valence-corrected chi connectivity index (χ0v) is 11.1. The zero-order chi connectivity index (χ0) is 10.7. The Morgan fingerprint density at radius 2 is 2.19 bits per heavy atom. The van der Waals surface area contributed by atoms with Crippen molar-refractivity contribution in [2.45, 2.75) is 19.0 Å². The summed E-state index contributed by atoms with van der Waals surface area (Å²) in [6, 6.07) is 6.20. The third-order valence-electron chi connectivity index (χ3n) is 2.66. The molecular weight excluding hydrogens is 266 g/mol. The third kappa shape index (κ3) is 3.79. The van der Waals surface area contributed by atoms with Crippen molar-refractivity contribution in [3.05, 3.63) is 33.8 Å². The Kier molecular flexibility index (Phi) is 5.87. The maximum atomic E-state index is 6.07. The zero-order valence-electron chi connectivity index (χ0n) is 8.80. The van der Waals surface area contributed by atoms with E-state index in [1.807, 2.05) is 12.1 Å². The monoisotopic (exact) mass is 280 g/mol. The van der Waals surface area contributed by atoms with E-state index in [-0.39, 0.29) is 12.4 Å². The van der Waals surface area contributed by atoms with Crippen LogP contribution in [-0.2, 0) is 6.54 Å². The molecule has 1 aliphatic heterocycles. The molecule has 0 radical (unpaired) electrons. The fourth-order valence-electron chi connectivity index (χ4n) is 1.75. The quantitative estimate of drug-likeness (QED) is 0.890. The van der Waals surface area contributed by atoms with Crippen LogP contribution >= 0.6 is 35.6 Å². The number of nitrogens with one attached hydrogen (secondary N) is 2. The second-order valence-electron chi connectivity index (χ2n) is 3.81. The molecule has 1 atom stereocenters. The van der Waals surface area contributed by atoms with Crippen LogP contribution in [0.3, 0.4) is 0 Å². The summed E-state index contributed by atoms with van der Waals surface area (Å²) in [7, 11) is 0. The average Bonchev–Trinajstić information content (AvgIpc) is 2.69. The minimum atomic E-state index is 0. The molecule has 16 heavy (non-hydrogen) atoms. The van der Waals surface area contributed by atoms with Gasteiger partial charge in [0.05, 0.1) is 0 Å². The summed E-state index contributed by atoms with van der Waals surface area (Å²) in [5, 5.41) is 8.21. The van der Waals surface area contributed by atoms with E-state index in [0.717, 1.165) is 30.2 Å². The highest BCUT2D eigenvalue weighted by molar-refractivity contribution is 6.35. The van der Waals surface area contributed by atoms with Crippen molar-refractivity contribution in [1.29, 1.82) is 0 Å². The molecule has 0 spiro atoms. The van der Waals surface area contributed by atoms with Gasteiger partial charge in [0.25, 0.3) is 0 Å². The second-order valence-corrected chi connectivity index (χ2v) is 4.65. The lowest BCUT2D eigenvalue weighted by atomic mass is 10.2. The molecular formula is C11H15Cl3N2. The molecule has 1 aliphatic rings. The van der Waals surface area contributed by atoms with E-state index in [1.165, 1.54) is 6.42 Å². The van der Waals surface area contributed by atoms with Crippen molar-refractivity contribution in [3.8, 4) is 0 Å². The molecule has 2 nitrogen and oxygen atoms in total. The Labute approximate surface area is 112 Å². The van der Waals surface area contributed by atoms with Gasteiger partial charge in [0.1, 0.15) is 0 Å². The van der Waals surface area contributed by atoms with Gasteiger partial charge >= 0.3 is 0 Å². The molecule has 0 unspecified atom stereocenters. The first-order valence-corrected chi connectivity index (χ1v) is 5.89. The van der Waals surface area contributed by atoms with Gasteiger partial charge in [0, 0.05) is 29.2 Å². The van der Waals surface area contributed by atoms with E-state index in [1.54, 1.807) is 6.07 Å². The van der Waals surface area contributed by atoms with Crippen molar-refractivity contribution in [3.63, 3.8) is 0 Å². The lowest BCUT2D eigenvalue weighted by molar-refractivity contribution is 0.547. The van der Waals surface area contributed by atoms with E-state index in [0.29, 0.717) is 11.1 Å². The van der Waals surface area contributed by atoms with Crippen LogP contribution in [0.25, 0.3) is 0 Å². The summed E-state index contributed by atoms with van der Waals surface area (Å²) >= 11 is 11.9. The Morgan fingerprint density at radius 3 is 2.81 bits per heavy atom. The summed E-state index contributed by atoms with van der Waals surface area (Å²) in [5.41, 5.74) is 1.10. The summed E-state index contributed by atoms with van der Waals surface area (Å²) in [5.74, 6) is 0. The number of rotatable bonds is 3. The molecule has 5 heteroatoms. The van der Waals surface area contributed by atoms with Crippen molar-refractivity contribution in [2.75, 3.05) is 13.1 Å². The maximum Gasteiger partial charge on any atom is 0.0465 e. The highest BCUT2D eigenvalue weighted by atomic mass is 35.5. The largest absolute Gasteiger partial charge is 0.315 e. The predicted octanol–water partition coefficient (Wildman–Crippen LogP) is 2.87. The van der Waals surface area contributed by atoms with Crippen LogP contribution in [0.5, 0.6) is 0 Å². The van der Waals surface area contributed by atoms with E-state index in [2.05, 4.69) is 10.6 Å². The van der Waals surface area contributed by atoms with E-state index in [9.17, 15) is 0 Å². The maximum absolute atomic E-state index is 6.07. The molecule has 1 aromatic carbocycles. The van der Waals surface area contributed by atoms with Gasteiger partial charge in [-0.05, 0) is 30.7 Å². The summed E-state index contributed by atoms with van der Waals surface area (Å²) in [6.45, 7) is 2.96. The fraction of sp³-hybridized carbons (Fsp3) is 0.455. The highest BCUT2D eigenvalue weighted by Crippen LogP contribution is 2.20. The van der Waals surface area contributed by atoms with Crippen LogP contribution in [-0.4, -0.2) is 19.1 Å². The SMILES string of the molecule is Cl.Clc1ccc(CN[C@H]2CCNC2)c(Cl)c1. The van der Waals surface area contributed by atoms with Crippen molar-refractivity contribution in [1.82, 2.24) is 10.6 Å². The molecule has 1 saturated heterocycles. The minimum Gasteiger partial charge on any atom is -0.315 e. The summed E-state index contributed by atoms with van der Waals surface area (Å²) in [6.07, 6.45) is 1.19. The van der Waals surface area contributed by atoms with E-state index in [4.69, 9.17) is 23.2 Å². The molecule has 1 fully saturated rings. The van der Waals surface area contributed by atoms with Gasteiger partial charge in [0.15, 0.2) is 0 Å². The van der Waals surface area contributed by atoms with Crippen LogP contribution in [0.4, 0.5) is 0 Å². The lowest BCUT2D eigenvalue weighted by Crippen LogP contribution is -2.30. The van der Waals surface area contributed by atoms with Gasteiger partial charge in [-0.2, -0.15) is 0 Å². The van der Waals surface area contributed by atoms with E-state index >= 15 is 0 Å². The van der Waals surface area contributed by atoms with Crippen molar-refractivity contribution in [2.24, 2.45) is 0 Å². The first kappa shape index (κ1) is 14.1. The van der Waals surface area contributed by atoms with Crippen LogP contribution in [0.2, 0.25) is 10.0 Å². The lowest BCUT2D eigenvalue weighted by Gasteiger charge is -2.12. The number of benzene rings is 1. The molecule has 0 aromatic heterocycles. The van der Waals surface area contributed by atoms with Crippen LogP contribution in [0, 0.1) is 0 Å². The Balaban J connectivity index is 0.00000128. The first-order valence-electron chi connectivity index (χ1n) is 5.14. The fourth-order valence-corrected chi connectivity index (χ4v) is 2.22. The van der Waals surface area contributed by atoms with Crippen LogP contribution in [0.1, 0.15) is 12.0 Å². The molecule has 0 amide bonds. The molecule has 1 heterocycles. The normalized spacial score (nSPS) is 19.5. The standard InChI is InChI=1S/C11H14Cl2N2.ClH/c12-9-2-1-8(11(13)5-9)6-15-10-3-4-14-7-10;/h1-2,5,10,14-15H,3-4,6-7H2;1H/t10-;/m0./s1. The van der Waals surface area contributed by atoms with Gasteiger partial charge < -0.3 is 10.6 Å². The van der Waals surface area contributed by atoms with Gasteiger partial charge in [-0.25, -0.2) is 0 Å². The van der Waals surface area contributed by atoms with E-state index < -0.39 is 0 Å². The molecule has 2 N–H and O–H groups in total. The smallest absolute Gasteiger partial charge is 0.0465 e. The molecule has 0 bridgehead atoms. The van der Waals surface area contributed by atoms with Crippen LogP contribution < -0.4 is 10.6 Å². The number of hydrogen-bond donors (Lipinski definition) is 2. The number of halogens is 3. The van der Waals surface area contributed by atoms with Gasteiger partial charge in [-0.3, -0.25) is 0 Å². The Morgan fingerprint density at radius 1 is 1.38 bits per heavy atom. The average molecular weight is 282 g/mol. The van der Waals surface area contributed by atoms with Crippen molar-refractivity contribution >= 4 is 35.6 Å². The van der Waals surface area contributed by atoms with Gasteiger partial charge in [-0.1, -0.05) is 29.3 Å². The Hall–Kier alpha value is 0.01000. The third-order valence-corrected chi connectivity index (χ3v) is 3.24. The topological polar surface area (TPSA) is 24.1 Å². The van der Waals surface area contributed by atoms with Gasteiger partial charge in [-0.15, -0.1) is 12.4 Å². The van der Waals surface area contributed by atoms with Crippen LogP contribution in [0.15, 0.2) is 18.2 Å². The molecule has 0 saturated carbocycles. The molecule has 2 rings (SSSR count). The minimum absolute atomic E-state index is 0. The molecule has 0 aliphatic carbocycles. The Bertz CT molecular complexity index is 338. The second kappa shape index (κ2) is 6.67.